The summed E-state index contributed by atoms with van der Waals surface area (Å²) in [6.45, 7) is 10.1. The van der Waals surface area contributed by atoms with Gasteiger partial charge < -0.3 is 9.73 Å². The molecule has 0 aliphatic rings. The van der Waals surface area contributed by atoms with Crippen molar-refractivity contribution in [2.24, 2.45) is 0 Å². The highest BCUT2D eigenvalue weighted by Gasteiger charge is 2.16. The highest BCUT2D eigenvalue weighted by molar-refractivity contribution is 7.99. The minimum atomic E-state index is -0.120. The van der Waals surface area contributed by atoms with Gasteiger partial charge in [0.2, 0.25) is 5.91 Å². The van der Waals surface area contributed by atoms with Crippen molar-refractivity contribution in [2.75, 3.05) is 11.1 Å². The number of carbonyl (C=O) groups excluding carboxylic acids is 1. The SMILES string of the molecule is Cc1ccc(C)c(-n2c(C)nnc2SCC(=O)Nc2ccc3oc(C(C)C)nc3c2)c1. The van der Waals surface area contributed by atoms with E-state index in [9.17, 15) is 4.79 Å². The van der Waals surface area contributed by atoms with E-state index < -0.39 is 0 Å². The van der Waals surface area contributed by atoms with Crippen LogP contribution in [0.1, 0.15) is 42.6 Å². The Bertz CT molecular complexity index is 1260. The molecule has 8 heteroatoms. The number of aromatic nitrogens is 4. The van der Waals surface area contributed by atoms with Gasteiger partial charge in [-0.1, -0.05) is 37.7 Å². The Morgan fingerprint density at radius 1 is 1.13 bits per heavy atom. The van der Waals surface area contributed by atoms with E-state index in [2.05, 4.69) is 52.5 Å². The molecule has 0 aliphatic heterocycles. The third kappa shape index (κ3) is 4.49. The maximum Gasteiger partial charge on any atom is 0.234 e. The van der Waals surface area contributed by atoms with Crippen molar-refractivity contribution in [1.29, 1.82) is 0 Å². The van der Waals surface area contributed by atoms with Crippen LogP contribution in [0.2, 0.25) is 0 Å². The summed E-state index contributed by atoms with van der Waals surface area (Å²) in [6.07, 6.45) is 0. The first-order valence-electron chi connectivity index (χ1n) is 10.1. The first kappa shape index (κ1) is 21.1. The standard InChI is InChI=1S/C23H25N5O2S/c1-13(2)22-25-18-11-17(8-9-20(18)30-22)24-21(29)12-31-23-27-26-16(5)28(23)19-10-14(3)6-7-15(19)4/h6-11,13H,12H2,1-5H3,(H,24,29). The molecule has 0 bridgehead atoms. The van der Waals surface area contributed by atoms with Crippen LogP contribution in [0.25, 0.3) is 16.8 Å². The number of thioether (sulfide) groups is 1. The molecule has 0 radical (unpaired) electrons. The smallest absolute Gasteiger partial charge is 0.234 e. The number of rotatable bonds is 6. The Labute approximate surface area is 185 Å². The van der Waals surface area contributed by atoms with Crippen molar-refractivity contribution in [3.8, 4) is 5.69 Å². The average molecular weight is 436 g/mol. The number of carbonyl (C=O) groups is 1. The van der Waals surface area contributed by atoms with Crippen molar-refractivity contribution in [3.05, 3.63) is 59.2 Å². The van der Waals surface area contributed by atoms with E-state index in [0.29, 0.717) is 22.3 Å². The van der Waals surface area contributed by atoms with Crippen molar-refractivity contribution in [1.82, 2.24) is 19.7 Å². The van der Waals surface area contributed by atoms with Crippen molar-refractivity contribution in [3.63, 3.8) is 0 Å². The Balaban J connectivity index is 1.47. The molecular weight excluding hydrogens is 410 g/mol. The maximum atomic E-state index is 12.6. The van der Waals surface area contributed by atoms with Crippen LogP contribution in [0.5, 0.6) is 0 Å². The number of oxazole rings is 1. The van der Waals surface area contributed by atoms with Crippen LogP contribution in [0, 0.1) is 20.8 Å². The Hall–Kier alpha value is -3.13. The molecule has 0 atom stereocenters. The quantitative estimate of drug-likeness (QED) is 0.420. The summed E-state index contributed by atoms with van der Waals surface area (Å²) < 4.78 is 7.72. The first-order chi connectivity index (χ1) is 14.8. The molecule has 4 aromatic rings. The minimum Gasteiger partial charge on any atom is -0.440 e. The molecule has 0 aliphatic carbocycles. The van der Waals surface area contributed by atoms with E-state index in [1.807, 2.05) is 43.5 Å². The number of nitrogens with one attached hydrogen (secondary N) is 1. The topological polar surface area (TPSA) is 85.8 Å². The zero-order valence-electron chi connectivity index (χ0n) is 18.3. The average Bonchev–Trinajstić information content (AvgIpc) is 3.31. The zero-order chi connectivity index (χ0) is 22.1. The minimum absolute atomic E-state index is 0.120. The predicted octanol–water partition coefficient (Wildman–Crippen LogP) is 5.19. The van der Waals surface area contributed by atoms with Gasteiger partial charge in [-0.15, -0.1) is 10.2 Å². The molecule has 4 rings (SSSR count). The molecule has 0 unspecified atom stereocenters. The summed E-state index contributed by atoms with van der Waals surface area (Å²) in [5.41, 5.74) is 5.46. The second kappa shape index (κ2) is 8.55. The van der Waals surface area contributed by atoms with Crippen LogP contribution >= 0.6 is 11.8 Å². The highest BCUT2D eigenvalue weighted by Crippen LogP contribution is 2.26. The number of aryl methyl sites for hydroxylation is 3. The molecule has 7 nitrogen and oxygen atoms in total. The normalized spacial score (nSPS) is 11.4. The van der Waals surface area contributed by atoms with Crippen LogP contribution in [0.4, 0.5) is 5.69 Å². The second-order valence-corrected chi connectivity index (χ2v) is 8.82. The Morgan fingerprint density at radius 2 is 1.94 bits per heavy atom. The number of fused-ring (bicyclic) bond motifs is 1. The predicted molar refractivity (Wildman–Crippen MR) is 123 cm³/mol. The van der Waals surface area contributed by atoms with Gasteiger partial charge in [-0.25, -0.2) is 4.98 Å². The van der Waals surface area contributed by atoms with Gasteiger partial charge in [0.15, 0.2) is 16.6 Å². The maximum absolute atomic E-state index is 12.6. The molecule has 0 fully saturated rings. The van der Waals surface area contributed by atoms with E-state index >= 15 is 0 Å². The number of amides is 1. The zero-order valence-corrected chi connectivity index (χ0v) is 19.1. The van der Waals surface area contributed by atoms with E-state index in [1.165, 1.54) is 11.8 Å². The van der Waals surface area contributed by atoms with E-state index in [0.717, 1.165) is 28.2 Å². The highest BCUT2D eigenvalue weighted by atomic mass is 32.2. The van der Waals surface area contributed by atoms with E-state index in [4.69, 9.17) is 4.42 Å². The van der Waals surface area contributed by atoms with Crippen molar-refractivity contribution < 1.29 is 9.21 Å². The lowest BCUT2D eigenvalue weighted by atomic mass is 10.1. The van der Waals surface area contributed by atoms with Gasteiger partial charge in [0.25, 0.3) is 0 Å². The molecule has 2 aromatic carbocycles. The van der Waals surface area contributed by atoms with E-state index in [1.54, 1.807) is 0 Å². The molecule has 2 heterocycles. The fourth-order valence-electron chi connectivity index (χ4n) is 3.27. The molecule has 1 amide bonds. The van der Waals surface area contributed by atoms with Crippen LogP contribution < -0.4 is 5.32 Å². The summed E-state index contributed by atoms with van der Waals surface area (Å²) in [4.78, 5) is 17.1. The number of benzene rings is 2. The van der Waals surface area contributed by atoms with Crippen LogP contribution in [-0.2, 0) is 4.79 Å². The summed E-state index contributed by atoms with van der Waals surface area (Å²) in [5, 5.41) is 12.1. The third-order valence-corrected chi connectivity index (χ3v) is 5.84. The summed E-state index contributed by atoms with van der Waals surface area (Å²) >= 11 is 1.36. The monoisotopic (exact) mass is 435 g/mol. The Kier molecular flexibility index (Phi) is 5.82. The van der Waals surface area contributed by atoms with Crippen LogP contribution in [0.3, 0.4) is 0 Å². The van der Waals surface area contributed by atoms with E-state index in [-0.39, 0.29) is 17.6 Å². The van der Waals surface area contributed by atoms with Crippen molar-refractivity contribution in [2.45, 2.75) is 45.7 Å². The molecule has 0 saturated carbocycles. The van der Waals surface area contributed by atoms with Gasteiger partial charge in [0.1, 0.15) is 11.3 Å². The molecule has 31 heavy (non-hydrogen) atoms. The lowest BCUT2D eigenvalue weighted by Crippen LogP contribution is -2.14. The van der Waals surface area contributed by atoms with Gasteiger partial charge in [0, 0.05) is 11.6 Å². The Morgan fingerprint density at radius 3 is 2.71 bits per heavy atom. The van der Waals surface area contributed by atoms with Gasteiger partial charge in [-0.05, 0) is 56.2 Å². The summed E-state index contributed by atoms with van der Waals surface area (Å²) in [5.74, 6) is 1.78. The van der Waals surface area contributed by atoms with Crippen LogP contribution in [0.15, 0.2) is 46.0 Å². The molecule has 160 valence electrons. The lowest BCUT2D eigenvalue weighted by molar-refractivity contribution is -0.113. The third-order valence-electron chi connectivity index (χ3n) is 4.91. The van der Waals surface area contributed by atoms with Crippen LogP contribution in [-0.4, -0.2) is 31.4 Å². The second-order valence-electron chi connectivity index (χ2n) is 7.88. The molecule has 0 saturated heterocycles. The van der Waals surface area contributed by atoms with Gasteiger partial charge in [-0.3, -0.25) is 9.36 Å². The number of hydrogen-bond acceptors (Lipinski definition) is 6. The summed E-state index contributed by atoms with van der Waals surface area (Å²) in [7, 11) is 0. The lowest BCUT2D eigenvalue weighted by Gasteiger charge is -2.12. The number of anilines is 1. The number of nitrogens with zero attached hydrogens (tertiary/aromatic N) is 4. The van der Waals surface area contributed by atoms with Gasteiger partial charge in [-0.2, -0.15) is 0 Å². The first-order valence-corrected chi connectivity index (χ1v) is 11.1. The van der Waals surface area contributed by atoms with Crippen molar-refractivity contribution >= 4 is 34.5 Å². The summed E-state index contributed by atoms with van der Waals surface area (Å²) in [6, 6.07) is 11.7. The molecule has 2 aromatic heterocycles. The fraction of sp³-hybridized carbons (Fsp3) is 0.304. The van der Waals surface area contributed by atoms with Gasteiger partial charge in [0.05, 0.1) is 11.4 Å². The molecule has 1 N–H and O–H groups in total. The van der Waals surface area contributed by atoms with Gasteiger partial charge >= 0.3 is 0 Å². The largest absolute Gasteiger partial charge is 0.440 e. The molecular formula is C23H25N5O2S. The fourth-order valence-corrected chi connectivity index (χ4v) is 4.06. The molecule has 0 spiro atoms. The number of hydrogen-bond donors (Lipinski definition) is 1.